The second-order valence-corrected chi connectivity index (χ2v) is 6.87. The van der Waals surface area contributed by atoms with Crippen molar-refractivity contribution in [3.63, 3.8) is 0 Å². The topological polar surface area (TPSA) is 93.2 Å². The molecule has 0 radical (unpaired) electrons. The SMILES string of the molecule is Cc1noc(C)c1CCC(=O)N1CCN(c2cc(-n3ccnc3)ncn2)CC1. The normalized spacial score (nSPS) is 14.5. The van der Waals surface area contributed by atoms with Crippen molar-refractivity contribution < 1.29 is 9.32 Å². The Hall–Kier alpha value is -3.23. The fourth-order valence-corrected chi connectivity index (χ4v) is 3.48. The van der Waals surface area contributed by atoms with Gasteiger partial charge in [-0.3, -0.25) is 9.36 Å². The molecule has 1 aliphatic rings. The zero-order valence-electron chi connectivity index (χ0n) is 16.1. The third-order valence-corrected chi connectivity index (χ3v) is 5.13. The maximum atomic E-state index is 12.6. The summed E-state index contributed by atoms with van der Waals surface area (Å²) in [4.78, 5) is 29.4. The summed E-state index contributed by atoms with van der Waals surface area (Å²) in [6.07, 6.45) is 7.98. The Bertz CT molecular complexity index is 924. The number of amides is 1. The standard InChI is InChI=1S/C19H23N7O2/c1-14-16(15(2)28-23-14)3-4-19(27)25-9-7-24(8-10-25)17-11-18(22-12-21-17)26-6-5-20-13-26/h5-6,11-13H,3-4,7-10H2,1-2H3. The number of rotatable bonds is 5. The van der Waals surface area contributed by atoms with E-state index in [1.807, 2.05) is 35.6 Å². The molecule has 3 aromatic heterocycles. The number of aryl methyl sites for hydroxylation is 2. The first-order valence-electron chi connectivity index (χ1n) is 9.36. The summed E-state index contributed by atoms with van der Waals surface area (Å²) in [7, 11) is 0. The molecule has 1 amide bonds. The first kappa shape index (κ1) is 18.1. The molecular formula is C19H23N7O2. The molecule has 4 heterocycles. The maximum absolute atomic E-state index is 12.6. The average Bonchev–Trinajstić information content (AvgIpc) is 3.37. The second kappa shape index (κ2) is 7.79. The molecule has 0 bridgehead atoms. The molecule has 1 aliphatic heterocycles. The van der Waals surface area contributed by atoms with E-state index in [9.17, 15) is 4.79 Å². The largest absolute Gasteiger partial charge is 0.361 e. The van der Waals surface area contributed by atoms with E-state index >= 15 is 0 Å². The lowest BCUT2D eigenvalue weighted by atomic mass is 10.1. The minimum atomic E-state index is 0.168. The summed E-state index contributed by atoms with van der Waals surface area (Å²) in [6, 6.07) is 1.94. The molecule has 0 aromatic carbocycles. The average molecular weight is 381 g/mol. The van der Waals surface area contributed by atoms with Crippen molar-refractivity contribution in [2.24, 2.45) is 0 Å². The highest BCUT2D eigenvalue weighted by atomic mass is 16.5. The van der Waals surface area contributed by atoms with Gasteiger partial charge in [0.2, 0.25) is 5.91 Å². The molecule has 0 spiro atoms. The van der Waals surface area contributed by atoms with Crippen LogP contribution in [0.4, 0.5) is 5.82 Å². The van der Waals surface area contributed by atoms with Gasteiger partial charge in [-0.15, -0.1) is 0 Å². The number of nitrogens with zero attached hydrogens (tertiary/aromatic N) is 7. The van der Waals surface area contributed by atoms with Crippen LogP contribution in [-0.4, -0.2) is 61.7 Å². The summed E-state index contributed by atoms with van der Waals surface area (Å²) in [5, 5.41) is 3.95. The molecule has 9 heteroatoms. The quantitative estimate of drug-likeness (QED) is 0.662. The molecule has 4 rings (SSSR count). The van der Waals surface area contributed by atoms with Crippen LogP contribution in [0.5, 0.6) is 0 Å². The zero-order valence-corrected chi connectivity index (χ0v) is 16.1. The van der Waals surface area contributed by atoms with Gasteiger partial charge in [-0.05, 0) is 20.3 Å². The molecule has 0 N–H and O–H groups in total. The van der Waals surface area contributed by atoms with Crippen molar-refractivity contribution in [1.82, 2.24) is 29.6 Å². The summed E-state index contributed by atoms with van der Waals surface area (Å²) in [5.74, 6) is 2.61. The highest BCUT2D eigenvalue weighted by Gasteiger charge is 2.23. The molecule has 0 aliphatic carbocycles. The maximum Gasteiger partial charge on any atom is 0.223 e. The van der Waals surface area contributed by atoms with Gasteiger partial charge in [0.25, 0.3) is 0 Å². The second-order valence-electron chi connectivity index (χ2n) is 6.87. The van der Waals surface area contributed by atoms with Gasteiger partial charge in [0.1, 0.15) is 30.1 Å². The third kappa shape index (κ3) is 3.73. The number of imidazole rings is 1. The smallest absolute Gasteiger partial charge is 0.223 e. The van der Waals surface area contributed by atoms with Gasteiger partial charge in [0, 0.05) is 56.6 Å². The van der Waals surface area contributed by atoms with Gasteiger partial charge >= 0.3 is 0 Å². The molecule has 28 heavy (non-hydrogen) atoms. The van der Waals surface area contributed by atoms with Crippen LogP contribution in [-0.2, 0) is 11.2 Å². The number of hydrogen-bond donors (Lipinski definition) is 0. The van der Waals surface area contributed by atoms with Crippen molar-refractivity contribution >= 4 is 11.7 Å². The Morgan fingerprint density at radius 2 is 1.93 bits per heavy atom. The van der Waals surface area contributed by atoms with Crippen molar-refractivity contribution in [2.75, 3.05) is 31.1 Å². The van der Waals surface area contributed by atoms with Gasteiger partial charge in [-0.1, -0.05) is 5.16 Å². The summed E-state index contributed by atoms with van der Waals surface area (Å²) >= 11 is 0. The molecular weight excluding hydrogens is 358 g/mol. The van der Waals surface area contributed by atoms with Crippen LogP contribution in [0.2, 0.25) is 0 Å². The Kier molecular flexibility index (Phi) is 5.05. The van der Waals surface area contributed by atoms with Crippen LogP contribution >= 0.6 is 0 Å². The highest BCUT2D eigenvalue weighted by Crippen LogP contribution is 2.18. The number of piperazine rings is 1. The molecule has 146 valence electrons. The van der Waals surface area contributed by atoms with E-state index in [4.69, 9.17) is 4.52 Å². The van der Waals surface area contributed by atoms with Crippen LogP contribution in [0, 0.1) is 13.8 Å². The number of carbonyl (C=O) groups excluding carboxylic acids is 1. The summed E-state index contributed by atoms with van der Waals surface area (Å²) in [6.45, 7) is 6.66. The number of hydrogen-bond acceptors (Lipinski definition) is 7. The van der Waals surface area contributed by atoms with Gasteiger partial charge < -0.3 is 14.3 Å². The molecule has 3 aromatic rings. The fraction of sp³-hybridized carbons (Fsp3) is 0.421. The predicted octanol–water partition coefficient (Wildman–Crippen LogP) is 1.55. The zero-order chi connectivity index (χ0) is 19.5. The summed E-state index contributed by atoms with van der Waals surface area (Å²) in [5.41, 5.74) is 1.91. The minimum Gasteiger partial charge on any atom is -0.361 e. The van der Waals surface area contributed by atoms with E-state index < -0.39 is 0 Å². The van der Waals surface area contributed by atoms with Gasteiger partial charge in [0.05, 0.1) is 5.69 Å². The molecule has 1 saturated heterocycles. The lowest BCUT2D eigenvalue weighted by Gasteiger charge is -2.35. The Balaban J connectivity index is 1.33. The number of carbonyl (C=O) groups is 1. The Morgan fingerprint density at radius 3 is 2.61 bits per heavy atom. The van der Waals surface area contributed by atoms with E-state index in [0.717, 1.165) is 41.7 Å². The molecule has 0 unspecified atom stereocenters. The van der Waals surface area contributed by atoms with E-state index in [0.29, 0.717) is 25.9 Å². The lowest BCUT2D eigenvalue weighted by Crippen LogP contribution is -2.49. The van der Waals surface area contributed by atoms with Crippen LogP contribution in [0.3, 0.4) is 0 Å². The summed E-state index contributed by atoms with van der Waals surface area (Å²) < 4.78 is 7.02. The first-order chi connectivity index (χ1) is 13.6. The van der Waals surface area contributed by atoms with Crippen LogP contribution in [0.1, 0.15) is 23.4 Å². The van der Waals surface area contributed by atoms with Crippen molar-refractivity contribution in [1.29, 1.82) is 0 Å². The van der Waals surface area contributed by atoms with Gasteiger partial charge in [-0.25, -0.2) is 15.0 Å². The highest BCUT2D eigenvalue weighted by molar-refractivity contribution is 5.76. The van der Waals surface area contributed by atoms with E-state index in [2.05, 4.69) is 25.0 Å². The Labute approximate surface area is 163 Å². The molecule has 0 atom stereocenters. The van der Waals surface area contributed by atoms with E-state index in [1.165, 1.54) is 0 Å². The number of aromatic nitrogens is 5. The van der Waals surface area contributed by atoms with E-state index in [-0.39, 0.29) is 5.91 Å². The fourth-order valence-electron chi connectivity index (χ4n) is 3.48. The van der Waals surface area contributed by atoms with Crippen LogP contribution in [0.15, 0.2) is 35.6 Å². The Morgan fingerprint density at radius 1 is 1.14 bits per heavy atom. The van der Waals surface area contributed by atoms with Crippen LogP contribution in [0.25, 0.3) is 5.82 Å². The monoisotopic (exact) mass is 381 g/mol. The first-order valence-corrected chi connectivity index (χ1v) is 9.36. The molecule has 9 nitrogen and oxygen atoms in total. The third-order valence-electron chi connectivity index (χ3n) is 5.13. The van der Waals surface area contributed by atoms with Gasteiger partial charge in [0.15, 0.2) is 0 Å². The van der Waals surface area contributed by atoms with Crippen molar-refractivity contribution in [3.8, 4) is 5.82 Å². The van der Waals surface area contributed by atoms with Crippen LogP contribution < -0.4 is 4.90 Å². The minimum absolute atomic E-state index is 0.168. The predicted molar refractivity (Wildman–Crippen MR) is 102 cm³/mol. The lowest BCUT2D eigenvalue weighted by molar-refractivity contribution is -0.131. The molecule has 0 saturated carbocycles. The molecule has 1 fully saturated rings. The van der Waals surface area contributed by atoms with Gasteiger partial charge in [-0.2, -0.15) is 0 Å². The van der Waals surface area contributed by atoms with E-state index in [1.54, 1.807) is 18.9 Å². The van der Waals surface area contributed by atoms with Crippen molar-refractivity contribution in [2.45, 2.75) is 26.7 Å². The number of anilines is 1. The van der Waals surface area contributed by atoms with Crippen molar-refractivity contribution in [3.05, 3.63) is 48.1 Å².